The summed E-state index contributed by atoms with van der Waals surface area (Å²) < 4.78 is 2.73. The molecular formula is C45H27N3Se. The Kier molecular flexibility index (Phi) is 6.51. The second-order valence-corrected chi connectivity index (χ2v) is 14.5. The van der Waals surface area contributed by atoms with E-state index in [1.165, 1.54) is 57.4 Å². The molecule has 10 rings (SSSR count). The molecule has 3 nitrogen and oxygen atoms in total. The predicted molar refractivity (Wildman–Crippen MR) is 206 cm³/mol. The van der Waals surface area contributed by atoms with E-state index >= 15 is 0 Å². The van der Waals surface area contributed by atoms with Crippen LogP contribution >= 0.6 is 0 Å². The van der Waals surface area contributed by atoms with Gasteiger partial charge in [-0.2, -0.15) is 0 Å². The Hall–Kier alpha value is -5.93. The van der Waals surface area contributed by atoms with Gasteiger partial charge in [-0.05, 0) is 0 Å². The molecule has 4 heteroatoms. The maximum absolute atomic E-state index is 5.35. The molecule has 2 heterocycles. The van der Waals surface area contributed by atoms with E-state index in [4.69, 9.17) is 15.0 Å². The van der Waals surface area contributed by atoms with Crippen LogP contribution in [0.15, 0.2) is 164 Å². The number of rotatable bonds is 4. The molecule has 0 atom stereocenters. The van der Waals surface area contributed by atoms with Crippen LogP contribution in [0.2, 0.25) is 0 Å². The van der Waals surface area contributed by atoms with Gasteiger partial charge in [0, 0.05) is 0 Å². The first-order chi connectivity index (χ1) is 24.3. The van der Waals surface area contributed by atoms with Gasteiger partial charge in [0.2, 0.25) is 0 Å². The average molecular weight is 689 g/mol. The summed E-state index contributed by atoms with van der Waals surface area (Å²) in [5.41, 5.74) is 5.60. The zero-order valence-corrected chi connectivity index (χ0v) is 28.1. The van der Waals surface area contributed by atoms with Crippen LogP contribution in [0.3, 0.4) is 0 Å². The Morgan fingerprint density at radius 2 is 0.837 bits per heavy atom. The van der Waals surface area contributed by atoms with Crippen LogP contribution in [0.1, 0.15) is 0 Å². The minimum atomic E-state index is 0.0714. The second-order valence-electron chi connectivity index (χ2n) is 12.4. The minimum absolute atomic E-state index is 0.0714. The van der Waals surface area contributed by atoms with Crippen molar-refractivity contribution in [1.29, 1.82) is 0 Å². The number of nitrogens with zero attached hydrogens (tertiary/aromatic N) is 3. The Bertz CT molecular complexity index is 2880. The Balaban J connectivity index is 1.27. The van der Waals surface area contributed by atoms with Crippen molar-refractivity contribution in [3.63, 3.8) is 0 Å². The maximum atomic E-state index is 5.35. The Labute approximate surface area is 288 Å². The van der Waals surface area contributed by atoms with Crippen molar-refractivity contribution in [2.75, 3.05) is 0 Å². The molecule has 0 radical (unpaired) electrons. The molecule has 0 saturated carbocycles. The predicted octanol–water partition coefficient (Wildman–Crippen LogP) is 11.4. The first-order valence-corrected chi connectivity index (χ1v) is 18.2. The molecule has 8 aromatic carbocycles. The third-order valence-electron chi connectivity index (χ3n) is 9.53. The molecule has 10 aromatic rings. The molecule has 228 valence electrons. The number of aromatic nitrogens is 3. The van der Waals surface area contributed by atoms with Crippen molar-refractivity contribution in [1.82, 2.24) is 15.0 Å². The Morgan fingerprint density at radius 1 is 0.306 bits per heavy atom. The molecule has 0 bridgehead atoms. The molecule has 0 fully saturated rings. The summed E-state index contributed by atoms with van der Waals surface area (Å²) in [7, 11) is 0. The number of hydrogen-bond acceptors (Lipinski definition) is 3. The molecule has 0 aliphatic carbocycles. The average Bonchev–Trinajstić information content (AvgIpc) is 3.57. The first-order valence-electron chi connectivity index (χ1n) is 16.5. The van der Waals surface area contributed by atoms with Crippen molar-refractivity contribution in [3.8, 4) is 45.3 Å². The van der Waals surface area contributed by atoms with Crippen LogP contribution in [-0.4, -0.2) is 29.5 Å². The van der Waals surface area contributed by atoms with E-state index in [0.29, 0.717) is 17.5 Å². The second kappa shape index (κ2) is 11.3. The van der Waals surface area contributed by atoms with E-state index in [-0.39, 0.29) is 14.5 Å². The van der Waals surface area contributed by atoms with Crippen LogP contribution < -0.4 is 0 Å². The topological polar surface area (TPSA) is 38.7 Å². The van der Waals surface area contributed by atoms with Crippen LogP contribution in [0.5, 0.6) is 0 Å². The van der Waals surface area contributed by atoms with E-state index in [2.05, 4.69) is 146 Å². The van der Waals surface area contributed by atoms with Crippen molar-refractivity contribution in [3.05, 3.63) is 164 Å². The van der Waals surface area contributed by atoms with Gasteiger partial charge in [0.05, 0.1) is 0 Å². The number of fused-ring (bicyclic) bond motifs is 8. The van der Waals surface area contributed by atoms with E-state index in [9.17, 15) is 0 Å². The van der Waals surface area contributed by atoms with Gasteiger partial charge in [-0.3, -0.25) is 0 Å². The van der Waals surface area contributed by atoms with Gasteiger partial charge in [-0.25, -0.2) is 0 Å². The summed E-state index contributed by atoms with van der Waals surface area (Å²) in [5.74, 6) is 2.06. The standard InChI is InChI=1S/C45H27N3Se/c1-3-13-28(14-4-1)32-21-11-22-36-37-23-12-24-38(42(37)49-41(32)36)44-46-43(30-16-5-2-6-17-30)47-45(48-44)40-27-39-31-18-8-7-15-29(31)25-26-35(39)33-19-9-10-20-34(33)40/h1-27H. The van der Waals surface area contributed by atoms with Gasteiger partial charge in [-0.1, -0.05) is 0 Å². The molecule has 0 aliphatic heterocycles. The molecule has 0 spiro atoms. The van der Waals surface area contributed by atoms with E-state index in [1.54, 1.807) is 0 Å². The summed E-state index contributed by atoms with van der Waals surface area (Å²) in [6.07, 6.45) is 0. The van der Waals surface area contributed by atoms with Crippen molar-refractivity contribution < 1.29 is 0 Å². The molecule has 0 aliphatic rings. The third-order valence-corrected chi connectivity index (χ3v) is 12.2. The SMILES string of the molecule is c1ccc(-c2nc(-c3cc4c5ccccc5ccc4c4ccccc34)nc(-c3cccc4c3[se]c3c(-c5ccccc5)cccc34)n2)cc1. The zero-order chi connectivity index (χ0) is 32.3. The summed E-state index contributed by atoms with van der Waals surface area (Å²) in [4.78, 5) is 15.8. The van der Waals surface area contributed by atoms with Gasteiger partial charge in [0.15, 0.2) is 0 Å². The van der Waals surface area contributed by atoms with Gasteiger partial charge in [-0.15, -0.1) is 0 Å². The fourth-order valence-electron chi connectivity index (χ4n) is 7.22. The summed E-state index contributed by atoms with van der Waals surface area (Å²) in [6, 6.07) is 58.3. The fourth-order valence-corrected chi connectivity index (χ4v) is 10.0. The number of hydrogen-bond donors (Lipinski definition) is 0. The van der Waals surface area contributed by atoms with Gasteiger partial charge in [0.25, 0.3) is 0 Å². The Morgan fingerprint density at radius 3 is 1.59 bits per heavy atom. The normalized spacial score (nSPS) is 11.7. The molecule has 2 aromatic heterocycles. The van der Waals surface area contributed by atoms with Crippen molar-refractivity contribution >= 4 is 66.1 Å². The quantitative estimate of drug-likeness (QED) is 0.136. The molecule has 0 N–H and O–H groups in total. The summed E-state index contributed by atoms with van der Waals surface area (Å²) in [6.45, 7) is 0. The van der Waals surface area contributed by atoms with E-state index < -0.39 is 0 Å². The number of benzene rings is 8. The van der Waals surface area contributed by atoms with E-state index in [1.807, 2.05) is 18.2 Å². The summed E-state index contributed by atoms with van der Waals surface area (Å²) >= 11 is 0.0714. The summed E-state index contributed by atoms with van der Waals surface area (Å²) in [5, 5.41) is 9.77. The van der Waals surface area contributed by atoms with Crippen LogP contribution in [-0.2, 0) is 0 Å². The van der Waals surface area contributed by atoms with Crippen molar-refractivity contribution in [2.24, 2.45) is 0 Å². The van der Waals surface area contributed by atoms with E-state index in [0.717, 1.165) is 22.1 Å². The molecule has 0 amide bonds. The molecule has 49 heavy (non-hydrogen) atoms. The van der Waals surface area contributed by atoms with Crippen molar-refractivity contribution in [2.45, 2.75) is 0 Å². The monoisotopic (exact) mass is 689 g/mol. The third kappa shape index (κ3) is 4.61. The molecular weight excluding hydrogens is 661 g/mol. The van der Waals surface area contributed by atoms with Gasteiger partial charge < -0.3 is 0 Å². The molecule has 0 saturated heterocycles. The van der Waals surface area contributed by atoms with Gasteiger partial charge in [0.1, 0.15) is 0 Å². The molecule has 0 unspecified atom stereocenters. The fraction of sp³-hybridized carbons (Fsp3) is 0. The first kappa shape index (κ1) is 28.1. The van der Waals surface area contributed by atoms with Crippen LogP contribution in [0.4, 0.5) is 0 Å². The van der Waals surface area contributed by atoms with Gasteiger partial charge >= 0.3 is 290 Å². The zero-order valence-electron chi connectivity index (χ0n) is 26.3. The van der Waals surface area contributed by atoms with Crippen LogP contribution in [0.25, 0.3) is 96.9 Å². The van der Waals surface area contributed by atoms with Crippen LogP contribution in [0, 0.1) is 0 Å².